The summed E-state index contributed by atoms with van der Waals surface area (Å²) in [5.74, 6) is 0.603. The summed E-state index contributed by atoms with van der Waals surface area (Å²) in [4.78, 5) is 0. The summed E-state index contributed by atoms with van der Waals surface area (Å²) in [7, 11) is 0. The van der Waals surface area contributed by atoms with Gasteiger partial charge in [0.2, 0.25) is 0 Å². The maximum Gasteiger partial charge on any atom is 0.0595 e. The van der Waals surface area contributed by atoms with Crippen molar-refractivity contribution in [2.24, 2.45) is 11.7 Å². The van der Waals surface area contributed by atoms with E-state index in [-0.39, 0.29) is 18.4 Å². The van der Waals surface area contributed by atoms with Crippen LogP contribution in [-0.4, -0.2) is 0 Å². The Morgan fingerprint density at radius 1 is 1.06 bits per heavy atom. The fourth-order valence-electron chi connectivity index (χ4n) is 2.49. The highest BCUT2D eigenvalue weighted by molar-refractivity contribution is 6.42. The lowest BCUT2D eigenvalue weighted by molar-refractivity contribution is 0.308. The highest BCUT2D eigenvalue weighted by atomic mass is 35.5. The molecule has 17 heavy (non-hydrogen) atoms. The summed E-state index contributed by atoms with van der Waals surface area (Å²) >= 11 is 11.9. The van der Waals surface area contributed by atoms with Gasteiger partial charge in [0.1, 0.15) is 0 Å². The molecule has 2 N–H and O–H groups in total. The van der Waals surface area contributed by atoms with Crippen molar-refractivity contribution in [3.63, 3.8) is 0 Å². The Labute approximate surface area is 119 Å². The van der Waals surface area contributed by atoms with E-state index >= 15 is 0 Å². The van der Waals surface area contributed by atoms with E-state index in [1.807, 2.05) is 18.2 Å². The number of hydrogen-bond acceptors (Lipinski definition) is 1. The average molecular weight is 295 g/mol. The van der Waals surface area contributed by atoms with Gasteiger partial charge in [-0.25, -0.2) is 0 Å². The second-order valence-electron chi connectivity index (χ2n) is 4.60. The Balaban J connectivity index is 0.00000144. The van der Waals surface area contributed by atoms with Gasteiger partial charge in [-0.15, -0.1) is 12.4 Å². The first-order valence-electron chi connectivity index (χ1n) is 5.89. The van der Waals surface area contributed by atoms with Crippen LogP contribution in [0.1, 0.15) is 43.7 Å². The molecular weight excluding hydrogens is 277 g/mol. The topological polar surface area (TPSA) is 26.0 Å². The monoisotopic (exact) mass is 293 g/mol. The summed E-state index contributed by atoms with van der Waals surface area (Å²) in [6, 6.07) is 5.84. The van der Waals surface area contributed by atoms with Crippen LogP contribution in [0.25, 0.3) is 0 Å². The number of benzene rings is 1. The predicted molar refractivity (Wildman–Crippen MR) is 77.2 cm³/mol. The van der Waals surface area contributed by atoms with Gasteiger partial charge >= 0.3 is 0 Å². The van der Waals surface area contributed by atoms with Crippen LogP contribution in [0.2, 0.25) is 10.0 Å². The zero-order valence-electron chi connectivity index (χ0n) is 9.66. The van der Waals surface area contributed by atoms with E-state index in [0.29, 0.717) is 16.0 Å². The van der Waals surface area contributed by atoms with Gasteiger partial charge < -0.3 is 5.73 Å². The molecule has 1 atom stereocenters. The number of rotatable bonds is 2. The quantitative estimate of drug-likeness (QED) is 0.816. The minimum Gasteiger partial charge on any atom is -0.324 e. The fourth-order valence-corrected chi connectivity index (χ4v) is 2.79. The zero-order chi connectivity index (χ0) is 11.5. The first-order valence-corrected chi connectivity index (χ1v) is 6.64. The van der Waals surface area contributed by atoms with Crippen molar-refractivity contribution in [3.8, 4) is 0 Å². The van der Waals surface area contributed by atoms with Crippen LogP contribution >= 0.6 is 35.6 Å². The lowest BCUT2D eigenvalue weighted by Crippen LogP contribution is -2.23. The molecule has 0 radical (unpaired) electrons. The Morgan fingerprint density at radius 3 is 2.29 bits per heavy atom. The van der Waals surface area contributed by atoms with Gasteiger partial charge in [-0.2, -0.15) is 0 Å². The fraction of sp³-hybridized carbons (Fsp3) is 0.538. The average Bonchev–Trinajstić information content (AvgIpc) is 2.33. The standard InChI is InChI=1S/C13H17Cl2N.ClH/c14-11-7-6-10(8-12(11)15)13(16)9-4-2-1-3-5-9;/h6-9,13H,1-5,16H2;1H/t13-;/m0./s1. The molecule has 0 amide bonds. The van der Waals surface area contributed by atoms with Gasteiger partial charge in [-0.3, -0.25) is 0 Å². The Kier molecular flexibility index (Phi) is 6.08. The molecule has 96 valence electrons. The molecule has 0 aromatic heterocycles. The van der Waals surface area contributed by atoms with Crippen molar-refractivity contribution < 1.29 is 0 Å². The summed E-state index contributed by atoms with van der Waals surface area (Å²) < 4.78 is 0. The Bertz CT molecular complexity index is 362. The van der Waals surface area contributed by atoms with Gasteiger partial charge in [0.25, 0.3) is 0 Å². The van der Waals surface area contributed by atoms with Gasteiger partial charge in [-0.05, 0) is 36.5 Å². The smallest absolute Gasteiger partial charge is 0.0595 e. The lowest BCUT2D eigenvalue weighted by Gasteiger charge is -2.27. The lowest BCUT2D eigenvalue weighted by atomic mass is 9.81. The van der Waals surface area contributed by atoms with Gasteiger partial charge in [0.15, 0.2) is 0 Å². The van der Waals surface area contributed by atoms with E-state index in [9.17, 15) is 0 Å². The Hall–Kier alpha value is 0.0500. The van der Waals surface area contributed by atoms with Crippen LogP contribution in [0.5, 0.6) is 0 Å². The molecule has 1 aromatic rings. The van der Waals surface area contributed by atoms with Crippen molar-refractivity contribution in [1.82, 2.24) is 0 Å². The molecule has 2 rings (SSSR count). The highest BCUT2D eigenvalue weighted by Crippen LogP contribution is 2.34. The zero-order valence-corrected chi connectivity index (χ0v) is 12.0. The summed E-state index contributed by atoms with van der Waals surface area (Å²) in [5.41, 5.74) is 7.40. The second kappa shape index (κ2) is 6.84. The molecule has 0 unspecified atom stereocenters. The summed E-state index contributed by atoms with van der Waals surface area (Å²) in [6.07, 6.45) is 6.44. The highest BCUT2D eigenvalue weighted by Gasteiger charge is 2.22. The molecule has 1 nitrogen and oxygen atoms in total. The SMILES string of the molecule is Cl.N[C@H](c1ccc(Cl)c(Cl)c1)C1CCCCC1. The third-order valence-corrected chi connectivity index (χ3v) is 4.23. The van der Waals surface area contributed by atoms with Crippen LogP contribution in [0, 0.1) is 5.92 Å². The maximum atomic E-state index is 6.29. The first-order chi connectivity index (χ1) is 7.68. The maximum absolute atomic E-state index is 6.29. The van der Waals surface area contributed by atoms with Crippen LogP contribution < -0.4 is 5.73 Å². The molecule has 0 spiro atoms. The number of nitrogens with two attached hydrogens (primary N) is 1. The van der Waals surface area contributed by atoms with E-state index in [1.165, 1.54) is 32.1 Å². The predicted octanol–water partition coefficient (Wildman–Crippen LogP) is 5.00. The molecule has 0 heterocycles. The molecule has 4 heteroatoms. The van der Waals surface area contributed by atoms with Crippen molar-refractivity contribution in [2.75, 3.05) is 0 Å². The molecule has 1 fully saturated rings. The molecule has 1 aliphatic rings. The van der Waals surface area contributed by atoms with Gasteiger partial charge in [0, 0.05) is 6.04 Å². The number of halogens is 3. The van der Waals surface area contributed by atoms with E-state index < -0.39 is 0 Å². The van der Waals surface area contributed by atoms with Gasteiger partial charge in [0.05, 0.1) is 10.0 Å². The van der Waals surface area contributed by atoms with Crippen molar-refractivity contribution in [1.29, 1.82) is 0 Å². The molecular formula is C13H18Cl3N. The molecule has 0 bridgehead atoms. The largest absolute Gasteiger partial charge is 0.324 e. The van der Waals surface area contributed by atoms with Crippen molar-refractivity contribution >= 4 is 35.6 Å². The first kappa shape index (κ1) is 15.1. The molecule has 1 aromatic carbocycles. The molecule has 1 saturated carbocycles. The van der Waals surface area contributed by atoms with E-state index in [2.05, 4.69) is 0 Å². The third-order valence-electron chi connectivity index (χ3n) is 3.49. The summed E-state index contributed by atoms with van der Waals surface area (Å²) in [5, 5.41) is 1.20. The Morgan fingerprint density at radius 2 is 1.71 bits per heavy atom. The molecule has 0 saturated heterocycles. The van der Waals surface area contributed by atoms with E-state index in [1.54, 1.807) is 0 Å². The van der Waals surface area contributed by atoms with Crippen molar-refractivity contribution in [2.45, 2.75) is 38.1 Å². The normalized spacial score (nSPS) is 18.5. The van der Waals surface area contributed by atoms with E-state index in [0.717, 1.165) is 5.56 Å². The van der Waals surface area contributed by atoms with Gasteiger partial charge in [-0.1, -0.05) is 48.5 Å². The van der Waals surface area contributed by atoms with Crippen molar-refractivity contribution in [3.05, 3.63) is 33.8 Å². The van der Waals surface area contributed by atoms with Crippen LogP contribution in [-0.2, 0) is 0 Å². The van der Waals surface area contributed by atoms with E-state index in [4.69, 9.17) is 28.9 Å². The molecule has 0 aliphatic heterocycles. The molecule has 1 aliphatic carbocycles. The second-order valence-corrected chi connectivity index (χ2v) is 5.41. The minimum atomic E-state index is 0. The summed E-state index contributed by atoms with van der Waals surface area (Å²) in [6.45, 7) is 0. The minimum absolute atomic E-state index is 0. The third kappa shape index (κ3) is 3.75. The van der Waals surface area contributed by atoms with Crippen LogP contribution in [0.4, 0.5) is 0 Å². The van der Waals surface area contributed by atoms with Crippen LogP contribution in [0.15, 0.2) is 18.2 Å². The number of hydrogen-bond donors (Lipinski definition) is 1. The van der Waals surface area contributed by atoms with Crippen LogP contribution in [0.3, 0.4) is 0 Å².